The SMILES string of the molecule is CCCOCCNc1nc2c(s1)c(C)nn2C. The molecule has 1 N–H and O–H groups in total. The molecule has 0 aliphatic carbocycles. The molecule has 94 valence electrons. The highest BCUT2D eigenvalue weighted by molar-refractivity contribution is 7.22. The van der Waals surface area contributed by atoms with Crippen molar-refractivity contribution in [3.8, 4) is 0 Å². The van der Waals surface area contributed by atoms with Gasteiger partial charge in [0.2, 0.25) is 0 Å². The van der Waals surface area contributed by atoms with E-state index < -0.39 is 0 Å². The van der Waals surface area contributed by atoms with Crippen LogP contribution in [0, 0.1) is 6.92 Å². The molecule has 0 spiro atoms. The lowest BCUT2D eigenvalue weighted by molar-refractivity contribution is 0.144. The molecule has 17 heavy (non-hydrogen) atoms. The molecule has 0 amide bonds. The number of hydrogen-bond donors (Lipinski definition) is 1. The first-order valence-electron chi connectivity index (χ1n) is 5.84. The number of fused-ring (bicyclic) bond motifs is 1. The van der Waals surface area contributed by atoms with Crippen molar-refractivity contribution >= 4 is 26.8 Å². The molecular weight excluding hydrogens is 236 g/mol. The Balaban J connectivity index is 1.93. The topological polar surface area (TPSA) is 52.0 Å². The second-order valence-electron chi connectivity index (χ2n) is 3.92. The first-order chi connectivity index (χ1) is 8.22. The maximum Gasteiger partial charge on any atom is 0.185 e. The van der Waals surface area contributed by atoms with Crippen molar-refractivity contribution in [1.29, 1.82) is 0 Å². The molecule has 0 radical (unpaired) electrons. The molecule has 2 aromatic rings. The summed E-state index contributed by atoms with van der Waals surface area (Å²) in [7, 11) is 1.92. The third kappa shape index (κ3) is 2.76. The molecule has 0 saturated carbocycles. The van der Waals surface area contributed by atoms with Crippen LogP contribution in [0.15, 0.2) is 0 Å². The fraction of sp³-hybridized carbons (Fsp3) is 0.636. The molecular formula is C11H18N4OS. The standard InChI is InChI=1S/C11H18N4OS/c1-4-6-16-7-5-12-11-13-10-9(17-11)8(2)14-15(10)3/h4-7H2,1-3H3,(H,12,13). The van der Waals surface area contributed by atoms with Crippen molar-refractivity contribution in [3.05, 3.63) is 5.69 Å². The minimum atomic E-state index is 0.723. The van der Waals surface area contributed by atoms with Gasteiger partial charge in [0.25, 0.3) is 0 Å². The van der Waals surface area contributed by atoms with E-state index in [1.807, 2.05) is 18.7 Å². The minimum absolute atomic E-state index is 0.723. The van der Waals surface area contributed by atoms with E-state index in [0.29, 0.717) is 0 Å². The zero-order chi connectivity index (χ0) is 12.3. The van der Waals surface area contributed by atoms with Crippen LogP contribution in [-0.4, -0.2) is 34.5 Å². The number of rotatable bonds is 6. The number of ether oxygens (including phenoxy) is 1. The molecule has 6 heteroatoms. The predicted octanol–water partition coefficient (Wildman–Crippen LogP) is 2.18. The molecule has 2 rings (SSSR count). The van der Waals surface area contributed by atoms with E-state index in [2.05, 4.69) is 22.3 Å². The van der Waals surface area contributed by atoms with Crippen LogP contribution in [-0.2, 0) is 11.8 Å². The molecule has 0 aromatic carbocycles. The molecule has 0 aliphatic heterocycles. The average molecular weight is 254 g/mol. The molecule has 0 unspecified atom stereocenters. The fourth-order valence-corrected chi connectivity index (χ4v) is 2.59. The van der Waals surface area contributed by atoms with Crippen LogP contribution < -0.4 is 5.32 Å². The Kier molecular flexibility index (Phi) is 3.96. The summed E-state index contributed by atoms with van der Waals surface area (Å²) in [6, 6.07) is 0. The molecule has 0 bridgehead atoms. The van der Waals surface area contributed by atoms with Crippen molar-refractivity contribution < 1.29 is 4.74 Å². The Labute approximate surface area is 105 Å². The predicted molar refractivity (Wildman–Crippen MR) is 70.7 cm³/mol. The first-order valence-corrected chi connectivity index (χ1v) is 6.65. The summed E-state index contributed by atoms with van der Waals surface area (Å²) < 4.78 is 8.38. The monoisotopic (exact) mass is 254 g/mol. The molecule has 0 atom stereocenters. The van der Waals surface area contributed by atoms with E-state index in [9.17, 15) is 0 Å². The number of nitrogens with one attached hydrogen (secondary N) is 1. The first kappa shape index (κ1) is 12.3. The van der Waals surface area contributed by atoms with Crippen LogP contribution in [0.1, 0.15) is 19.0 Å². The van der Waals surface area contributed by atoms with Crippen molar-refractivity contribution in [1.82, 2.24) is 14.8 Å². The summed E-state index contributed by atoms with van der Waals surface area (Å²) in [5, 5.41) is 8.54. The summed E-state index contributed by atoms with van der Waals surface area (Å²) in [4.78, 5) is 4.50. The maximum absolute atomic E-state index is 5.40. The highest BCUT2D eigenvalue weighted by Gasteiger charge is 2.10. The van der Waals surface area contributed by atoms with Crippen LogP contribution in [0.2, 0.25) is 0 Å². The van der Waals surface area contributed by atoms with Crippen LogP contribution in [0.25, 0.3) is 10.3 Å². The van der Waals surface area contributed by atoms with Gasteiger partial charge in [0, 0.05) is 20.2 Å². The van der Waals surface area contributed by atoms with Crippen molar-refractivity contribution in [2.75, 3.05) is 25.1 Å². The Morgan fingerprint density at radius 2 is 2.24 bits per heavy atom. The van der Waals surface area contributed by atoms with E-state index in [1.54, 1.807) is 11.3 Å². The molecule has 5 nitrogen and oxygen atoms in total. The summed E-state index contributed by atoms with van der Waals surface area (Å²) in [6.07, 6.45) is 1.06. The van der Waals surface area contributed by atoms with Crippen molar-refractivity contribution in [2.45, 2.75) is 20.3 Å². The number of anilines is 1. The zero-order valence-corrected chi connectivity index (χ0v) is 11.3. The highest BCUT2D eigenvalue weighted by atomic mass is 32.1. The normalized spacial score (nSPS) is 11.2. The van der Waals surface area contributed by atoms with Gasteiger partial charge in [-0.25, -0.2) is 9.67 Å². The van der Waals surface area contributed by atoms with Gasteiger partial charge in [0.1, 0.15) is 0 Å². The lowest BCUT2D eigenvalue weighted by atomic mass is 10.5. The maximum atomic E-state index is 5.40. The fourth-order valence-electron chi connectivity index (χ4n) is 1.64. The van der Waals surface area contributed by atoms with Gasteiger partial charge < -0.3 is 10.1 Å². The number of aryl methyl sites for hydroxylation is 2. The van der Waals surface area contributed by atoms with Crippen LogP contribution >= 0.6 is 11.3 Å². The third-order valence-electron chi connectivity index (χ3n) is 2.42. The second-order valence-corrected chi connectivity index (χ2v) is 4.92. The van der Waals surface area contributed by atoms with Crippen molar-refractivity contribution in [2.24, 2.45) is 7.05 Å². The molecule has 0 fully saturated rings. The Morgan fingerprint density at radius 1 is 1.41 bits per heavy atom. The van der Waals surface area contributed by atoms with E-state index in [-0.39, 0.29) is 0 Å². The van der Waals surface area contributed by atoms with Gasteiger partial charge >= 0.3 is 0 Å². The summed E-state index contributed by atoms with van der Waals surface area (Å²) in [6.45, 7) is 6.46. The van der Waals surface area contributed by atoms with Crippen LogP contribution in [0.3, 0.4) is 0 Å². The lowest BCUT2D eigenvalue weighted by Gasteiger charge is -2.02. The van der Waals surface area contributed by atoms with Crippen LogP contribution in [0.4, 0.5) is 5.13 Å². The van der Waals surface area contributed by atoms with Gasteiger partial charge in [-0.1, -0.05) is 18.3 Å². The van der Waals surface area contributed by atoms with Crippen LogP contribution in [0.5, 0.6) is 0 Å². The number of hydrogen-bond acceptors (Lipinski definition) is 5. The van der Waals surface area contributed by atoms with Gasteiger partial charge in [-0.05, 0) is 13.3 Å². The largest absolute Gasteiger partial charge is 0.380 e. The Morgan fingerprint density at radius 3 is 2.94 bits per heavy atom. The zero-order valence-electron chi connectivity index (χ0n) is 10.5. The summed E-state index contributed by atoms with van der Waals surface area (Å²) >= 11 is 1.65. The Bertz CT molecular complexity index is 456. The van der Waals surface area contributed by atoms with E-state index >= 15 is 0 Å². The number of thiazole rings is 1. The quantitative estimate of drug-likeness (QED) is 0.803. The van der Waals surface area contributed by atoms with Gasteiger partial charge in [-0.3, -0.25) is 0 Å². The molecule has 2 aromatic heterocycles. The lowest BCUT2D eigenvalue weighted by Crippen LogP contribution is -2.09. The summed E-state index contributed by atoms with van der Waals surface area (Å²) in [5.41, 5.74) is 1.99. The number of nitrogens with zero attached hydrogens (tertiary/aromatic N) is 3. The van der Waals surface area contributed by atoms with E-state index in [0.717, 1.165) is 47.4 Å². The smallest absolute Gasteiger partial charge is 0.185 e. The minimum Gasteiger partial charge on any atom is -0.380 e. The van der Waals surface area contributed by atoms with Gasteiger partial charge in [0.05, 0.1) is 17.0 Å². The highest BCUT2D eigenvalue weighted by Crippen LogP contribution is 2.27. The second kappa shape index (κ2) is 5.46. The number of aromatic nitrogens is 3. The van der Waals surface area contributed by atoms with E-state index in [1.165, 1.54) is 0 Å². The molecule has 2 heterocycles. The Hall–Kier alpha value is -1.14. The molecule has 0 aliphatic rings. The third-order valence-corrected chi connectivity index (χ3v) is 3.53. The van der Waals surface area contributed by atoms with Crippen molar-refractivity contribution in [3.63, 3.8) is 0 Å². The summed E-state index contributed by atoms with van der Waals surface area (Å²) in [5.74, 6) is 0. The van der Waals surface area contributed by atoms with Gasteiger partial charge in [-0.15, -0.1) is 0 Å². The van der Waals surface area contributed by atoms with Gasteiger partial charge in [0.15, 0.2) is 10.8 Å². The molecule has 0 saturated heterocycles. The van der Waals surface area contributed by atoms with Gasteiger partial charge in [-0.2, -0.15) is 5.10 Å². The average Bonchev–Trinajstić information content (AvgIpc) is 2.82. The van der Waals surface area contributed by atoms with E-state index in [4.69, 9.17) is 4.74 Å².